The molecule has 0 radical (unpaired) electrons. The van der Waals surface area contributed by atoms with Gasteiger partial charge >= 0.3 is 0 Å². The summed E-state index contributed by atoms with van der Waals surface area (Å²) in [7, 11) is 2.20. The van der Waals surface area contributed by atoms with E-state index in [1.807, 2.05) is 0 Å². The van der Waals surface area contributed by atoms with Gasteiger partial charge in [-0.3, -0.25) is 4.90 Å². The molecule has 0 aromatic carbocycles. The van der Waals surface area contributed by atoms with Gasteiger partial charge in [-0.05, 0) is 45.3 Å². The topological polar surface area (TPSA) is 26.7 Å². The van der Waals surface area contributed by atoms with Crippen LogP contribution < -0.4 is 0 Å². The second-order valence-corrected chi connectivity index (χ2v) is 6.67. The zero-order valence-corrected chi connectivity index (χ0v) is 12.2. The Balaban J connectivity index is 2.40. The molecule has 0 saturated carbocycles. The van der Waals surface area contributed by atoms with Crippen molar-refractivity contribution >= 4 is 0 Å². The van der Waals surface area contributed by atoms with Crippen LogP contribution in [0, 0.1) is 5.41 Å². The first-order valence-corrected chi connectivity index (χ1v) is 6.91. The highest BCUT2D eigenvalue weighted by atomic mass is 16.3. The molecule has 0 aromatic rings. The van der Waals surface area contributed by atoms with Crippen LogP contribution in [0.1, 0.15) is 40.5 Å². The van der Waals surface area contributed by atoms with Gasteiger partial charge in [0.05, 0.1) is 6.10 Å². The third-order valence-corrected chi connectivity index (χ3v) is 3.87. The third-order valence-electron chi connectivity index (χ3n) is 3.87. The Morgan fingerprint density at radius 1 is 1.29 bits per heavy atom. The molecule has 0 amide bonds. The maximum atomic E-state index is 10.1. The second kappa shape index (κ2) is 6.17. The molecule has 3 heteroatoms. The van der Waals surface area contributed by atoms with Crippen LogP contribution in [-0.4, -0.2) is 60.3 Å². The number of nitrogens with zero attached hydrogens (tertiary/aromatic N) is 2. The number of rotatable bonds is 3. The maximum absolute atomic E-state index is 10.1. The Labute approximate surface area is 107 Å². The van der Waals surface area contributed by atoms with Crippen LogP contribution in [0.2, 0.25) is 0 Å². The molecular formula is C14H30N2O. The van der Waals surface area contributed by atoms with Gasteiger partial charge in [-0.15, -0.1) is 0 Å². The van der Waals surface area contributed by atoms with E-state index < -0.39 is 0 Å². The van der Waals surface area contributed by atoms with Crippen molar-refractivity contribution in [2.45, 2.75) is 52.7 Å². The van der Waals surface area contributed by atoms with Crippen LogP contribution in [0.5, 0.6) is 0 Å². The van der Waals surface area contributed by atoms with E-state index in [2.05, 4.69) is 44.5 Å². The molecule has 2 atom stereocenters. The molecule has 1 rings (SSSR count). The normalized spacial score (nSPS) is 26.8. The average molecular weight is 242 g/mol. The fraction of sp³-hybridized carbons (Fsp3) is 1.00. The van der Waals surface area contributed by atoms with E-state index in [1.54, 1.807) is 0 Å². The summed E-state index contributed by atoms with van der Waals surface area (Å²) in [6.07, 6.45) is 1.93. The summed E-state index contributed by atoms with van der Waals surface area (Å²) in [6.45, 7) is 13.2. The van der Waals surface area contributed by atoms with Crippen molar-refractivity contribution in [2.24, 2.45) is 5.41 Å². The molecule has 1 saturated heterocycles. The van der Waals surface area contributed by atoms with Gasteiger partial charge in [0.15, 0.2) is 0 Å². The minimum Gasteiger partial charge on any atom is -0.393 e. The summed E-state index contributed by atoms with van der Waals surface area (Å²) in [5.74, 6) is 0. The Morgan fingerprint density at radius 3 is 2.53 bits per heavy atom. The quantitative estimate of drug-likeness (QED) is 0.817. The lowest BCUT2D eigenvalue weighted by atomic mass is 9.87. The van der Waals surface area contributed by atoms with Crippen LogP contribution in [0.4, 0.5) is 0 Å². The fourth-order valence-electron chi connectivity index (χ4n) is 2.48. The van der Waals surface area contributed by atoms with Crippen LogP contribution >= 0.6 is 0 Å². The summed E-state index contributed by atoms with van der Waals surface area (Å²) < 4.78 is 0. The van der Waals surface area contributed by atoms with Gasteiger partial charge in [0.25, 0.3) is 0 Å². The number of hydrogen-bond donors (Lipinski definition) is 1. The van der Waals surface area contributed by atoms with E-state index in [0.29, 0.717) is 6.04 Å². The minimum atomic E-state index is -0.198. The number of aliphatic hydroxyl groups excluding tert-OH is 1. The average Bonchev–Trinajstić information content (AvgIpc) is 2.34. The highest BCUT2D eigenvalue weighted by Crippen LogP contribution is 2.22. The highest BCUT2D eigenvalue weighted by molar-refractivity contribution is 4.78. The van der Waals surface area contributed by atoms with Crippen molar-refractivity contribution in [1.29, 1.82) is 0 Å². The summed E-state index contributed by atoms with van der Waals surface area (Å²) >= 11 is 0. The van der Waals surface area contributed by atoms with Crippen LogP contribution in [0.15, 0.2) is 0 Å². The van der Waals surface area contributed by atoms with Gasteiger partial charge < -0.3 is 10.0 Å². The van der Waals surface area contributed by atoms with Gasteiger partial charge in [0, 0.05) is 19.1 Å². The lowest BCUT2D eigenvalue weighted by Crippen LogP contribution is -2.40. The minimum absolute atomic E-state index is 0.00583. The molecule has 1 aliphatic heterocycles. The standard InChI is InChI=1S/C14H30N2O/c1-12-11-15(5)8-6-9-16(12)10-7-13(17)14(2,3)4/h12-13,17H,6-11H2,1-5H3. The van der Waals surface area contributed by atoms with Gasteiger partial charge in [0.2, 0.25) is 0 Å². The van der Waals surface area contributed by atoms with Crippen molar-refractivity contribution in [2.75, 3.05) is 33.2 Å². The summed E-state index contributed by atoms with van der Waals surface area (Å²) in [6, 6.07) is 0.606. The molecule has 1 aliphatic rings. The zero-order chi connectivity index (χ0) is 13.1. The summed E-state index contributed by atoms with van der Waals surface area (Å²) in [4.78, 5) is 4.93. The molecule has 2 unspecified atom stereocenters. The Hall–Kier alpha value is -0.120. The molecular weight excluding hydrogens is 212 g/mol. The molecule has 3 nitrogen and oxygen atoms in total. The van der Waals surface area contributed by atoms with Crippen molar-refractivity contribution in [3.05, 3.63) is 0 Å². The van der Waals surface area contributed by atoms with Crippen LogP contribution in [0.3, 0.4) is 0 Å². The first-order chi connectivity index (χ1) is 7.80. The lowest BCUT2D eigenvalue weighted by molar-refractivity contribution is 0.0417. The van der Waals surface area contributed by atoms with E-state index in [-0.39, 0.29) is 11.5 Å². The monoisotopic (exact) mass is 242 g/mol. The Bertz CT molecular complexity index is 225. The van der Waals surface area contributed by atoms with E-state index in [4.69, 9.17) is 0 Å². The third kappa shape index (κ3) is 4.94. The molecule has 1 N–H and O–H groups in total. The maximum Gasteiger partial charge on any atom is 0.0600 e. The first kappa shape index (κ1) is 14.9. The second-order valence-electron chi connectivity index (χ2n) is 6.67. The van der Waals surface area contributed by atoms with Gasteiger partial charge in [-0.25, -0.2) is 0 Å². The zero-order valence-electron chi connectivity index (χ0n) is 12.2. The lowest BCUT2D eigenvalue weighted by Gasteiger charge is -2.31. The summed E-state index contributed by atoms with van der Waals surface area (Å²) in [5, 5.41) is 10.1. The largest absolute Gasteiger partial charge is 0.393 e. The van der Waals surface area contributed by atoms with E-state index in [0.717, 1.165) is 19.5 Å². The van der Waals surface area contributed by atoms with Crippen LogP contribution in [-0.2, 0) is 0 Å². The predicted octanol–water partition coefficient (Wildman–Crippen LogP) is 1.81. The van der Waals surface area contributed by atoms with Gasteiger partial charge in [0.1, 0.15) is 0 Å². The van der Waals surface area contributed by atoms with Crippen molar-refractivity contribution in [1.82, 2.24) is 9.80 Å². The SMILES string of the molecule is CC1CN(C)CCCN1CCC(O)C(C)(C)C. The van der Waals surface area contributed by atoms with Crippen molar-refractivity contribution in [3.8, 4) is 0 Å². The molecule has 0 bridgehead atoms. The fourth-order valence-corrected chi connectivity index (χ4v) is 2.48. The molecule has 1 heterocycles. The van der Waals surface area contributed by atoms with Crippen LogP contribution in [0.25, 0.3) is 0 Å². The van der Waals surface area contributed by atoms with Crippen molar-refractivity contribution < 1.29 is 5.11 Å². The predicted molar refractivity (Wildman–Crippen MR) is 73.2 cm³/mol. The van der Waals surface area contributed by atoms with Gasteiger partial charge in [-0.1, -0.05) is 20.8 Å². The van der Waals surface area contributed by atoms with E-state index in [1.165, 1.54) is 19.5 Å². The molecule has 1 fully saturated rings. The first-order valence-electron chi connectivity index (χ1n) is 6.91. The molecule has 0 aromatic heterocycles. The van der Waals surface area contributed by atoms with Crippen molar-refractivity contribution in [3.63, 3.8) is 0 Å². The van der Waals surface area contributed by atoms with E-state index >= 15 is 0 Å². The van der Waals surface area contributed by atoms with Gasteiger partial charge in [-0.2, -0.15) is 0 Å². The smallest absolute Gasteiger partial charge is 0.0600 e. The molecule has 0 spiro atoms. The molecule has 0 aliphatic carbocycles. The molecule has 102 valence electrons. The Kier molecular flexibility index (Phi) is 5.42. The van der Waals surface area contributed by atoms with E-state index in [9.17, 15) is 5.11 Å². The Morgan fingerprint density at radius 2 is 1.94 bits per heavy atom. The highest BCUT2D eigenvalue weighted by Gasteiger charge is 2.25. The number of hydrogen-bond acceptors (Lipinski definition) is 3. The number of likely N-dealkylation sites (N-methyl/N-ethyl adjacent to an activating group) is 1. The number of aliphatic hydroxyl groups is 1. The molecule has 17 heavy (non-hydrogen) atoms. The summed E-state index contributed by atoms with van der Waals surface area (Å²) in [5.41, 5.74) is 0.00583.